The topological polar surface area (TPSA) is 44.1 Å². The molecule has 0 saturated carbocycles. The quantitative estimate of drug-likeness (QED) is 0.762. The summed E-state index contributed by atoms with van der Waals surface area (Å²) in [5.41, 5.74) is 3.55. The van der Waals surface area contributed by atoms with Gasteiger partial charge in [-0.25, -0.2) is 0 Å². The maximum Gasteiger partial charge on any atom is 0.245 e. The minimum Gasteiger partial charge on any atom is -0.280 e. The molecule has 1 heterocycles. The molecule has 110 valence electrons. The van der Waals surface area contributed by atoms with Gasteiger partial charge in [0.1, 0.15) is 6.42 Å². The van der Waals surface area contributed by atoms with Gasteiger partial charge in [0.2, 0.25) is 5.91 Å². The summed E-state index contributed by atoms with van der Waals surface area (Å²) in [4.78, 5) is 14.1. The van der Waals surface area contributed by atoms with E-state index in [1.54, 1.807) is 17.0 Å². The fraction of sp³-hybridized carbons (Fsp3) is 0.176. The second-order valence-corrected chi connectivity index (χ2v) is 5.98. The monoisotopic (exact) mass is 330 g/mol. The highest BCUT2D eigenvalue weighted by molar-refractivity contribution is 6.31. The Hall–Kier alpha value is -2.02. The lowest BCUT2D eigenvalue weighted by Crippen LogP contribution is -2.26. The molecule has 0 aromatic heterocycles. The van der Waals surface area contributed by atoms with Crippen LogP contribution in [0.3, 0.4) is 0 Å². The maximum absolute atomic E-state index is 12.5. The van der Waals surface area contributed by atoms with Crippen molar-refractivity contribution in [3.8, 4) is 6.07 Å². The zero-order chi connectivity index (χ0) is 15.7. The normalized spacial score (nSPS) is 12.9. The molecule has 0 bridgehead atoms. The molecular formula is C17H12Cl2N2O. The largest absolute Gasteiger partial charge is 0.280 e. The van der Waals surface area contributed by atoms with Crippen molar-refractivity contribution in [1.82, 2.24) is 0 Å². The minimum atomic E-state index is -0.253. The van der Waals surface area contributed by atoms with Crippen LogP contribution in [0.4, 0.5) is 11.4 Å². The number of anilines is 2. The number of rotatable bonds is 1. The number of fused-ring (bicyclic) bond motifs is 2. The molecule has 0 N–H and O–H groups in total. The number of aryl methyl sites for hydroxylation is 2. The molecule has 1 amide bonds. The van der Waals surface area contributed by atoms with E-state index in [-0.39, 0.29) is 12.3 Å². The van der Waals surface area contributed by atoms with Gasteiger partial charge in [-0.3, -0.25) is 9.69 Å². The Morgan fingerprint density at radius 3 is 2.00 bits per heavy atom. The van der Waals surface area contributed by atoms with Gasteiger partial charge in [0.25, 0.3) is 0 Å². The second kappa shape index (κ2) is 6.00. The number of amides is 1. The number of hydrogen-bond donors (Lipinski definition) is 0. The van der Waals surface area contributed by atoms with Crippen LogP contribution in [0.5, 0.6) is 0 Å². The van der Waals surface area contributed by atoms with Crippen LogP contribution in [-0.4, -0.2) is 5.91 Å². The zero-order valence-electron chi connectivity index (χ0n) is 11.6. The maximum atomic E-state index is 12.5. The van der Waals surface area contributed by atoms with E-state index in [9.17, 15) is 4.79 Å². The highest BCUT2D eigenvalue weighted by Gasteiger charge is 2.25. The van der Waals surface area contributed by atoms with Crippen molar-refractivity contribution >= 4 is 40.5 Å². The predicted molar refractivity (Wildman–Crippen MR) is 87.7 cm³/mol. The van der Waals surface area contributed by atoms with Gasteiger partial charge in [-0.15, -0.1) is 0 Å². The Morgan fingerprint density at radius 2 is 1.55 bits per heavy atom. The summed E-state index contributed by atoms with van der Waals surface area (Å²) in [6.07, 6.45) is 1.35. The van der Waals surface area contributed by atoms with E-state index in [0.717, 1.165) is 35.3 Å². The Labute approximate surface area is 138 Å². The van der Waals surface area contributed by atoms with Crippen molar-refractivity contribution in [2.24, 2.45) is 0 Å². The van der Waals surface area contributed by atoms with Crippen molar-refractivity contribution in [2.45, 2.75) is 19.3 Å². The molecule has 0 aliphatic carbocycles. The van der Waals surface area contributed by atoms with Crippen molar-refractivity contribution < 1.29 is 4.79 Å². The Kier molecular flexibility index (Phi) is 4.06. The van der Waals surface area contributed by atoms with E-state index in [1.165, 1.54) is 0 Å². The molecule has 0 spiro atoms. The summed E-state index contributed by atoms with van der Waals surface area (Å²) in [5, 5.41) is 10.2. The molecule has 3 nitrogen and oxygen atoms in total. The number of carbonyl (C=O) groups excluding carboxylic acids is 1. The first-order valence-electron chi connectivity index (χ1n) is 6.87. The van der Waals surface area contributed by atoms with Crippen molar-refractivity contribution in [3.63, 3.8) is 0 Å². The fourth-order valence-corrected chi connectivity index (χ4v) is 3.15. The second-order valence-electron chi connectivity index (χ2n) is 5.11. The smallest absolute Gasteiger partial charge is 0.245 e. The van der Waals surface area contributed by atoms with E-state index >= 15 is 0 Å². The average molecular weight is 331 g/mol. The number of hydrogen-bond acceptors (Lipinski definition) is 2. The van der Waals surface area contributed by atoms with Crippen molar-refractivity contribution in [3.05, 3.63) is 57.6 Å². The lowest BCUT2D eigenvalue weighted by molar-refractivity contribution is -0.117. The Balaban J connectivity index is 2.21. The summed E-state index contributed by atoms with van der Waals surface area (Å²) in [6, 6.07) is 12.8. The first-order chi connectivity index (χ1) is 10.6. The first-order valence-corrected chi connectivity index (χ1v) is 7.62. The van der Waals surface area contributed by atoms with Crippen molar-refractivity contribution in [2.75, 3.05) is 4.90 Å². The molecule has 1 aliphatic rings. The SMILES string of the molecule is N#CCC(=O)N1c2ccc(Cl)cc2CCc2cc(Cl)ccc21. The van der Waals surface area contributed by atoms with E-state index in [2.05, 4.69) is 0 Å². The third-order valence-corrected chi connectivity index (χ3v) is 4.18. The van der Waals surface area contributed by atoms with Gasteiger partial charge in [-0.1, -0.05) is 23.2 Å². The summed E-state index contributed by atoms with van der Waals surface area (Å²) in [6.45, 7) is 0. The van der Waals surface area contributed by atoms with Gasteiger partial charge in [0, 0.05) is 10.0 Å². The lowest BCUT2D eigenvalue weighted by atomic mass is 10.0. The van der Waals surface area contributed by atoms with Crippen LogP contribution in [0, 0.1) is 11.3 Å². The predicted octanol–water partition coefficient (Wildman–Crippen LogP) is 4.67. The van der Waals surface area contributed by atoms with Crippen LogP contribution in [0.2, 0.25) is 10.0 Å². The summed E-state index contributed by atoms with van der Waals surface area (Å²) >= 11 is 12.2. The molecule has 0 radical (unpaired) electrons. The van der Waals surface area contributed by atoms with Gasteiger partial charge in [-0.2, -0.15) is 5.26 Å². The van der Waals surface area contributed by atoms with Crippen molar-refractivity contribution in [1.29, 1.82) is 5.26 Å². The van der Waals surface area contributed by atoms with Gasteiger partial charge < -0.3 is 0 Å². The molecule has 2 aromatic carbocycles. The number of nitrogens with zero attached hydrogens (tertiary/aromatic N) is 2. The summed E-state index contributed by atoms with van der Waals surface area (Å²) < 4.78 is 0. The standard InChI is InChI=1S/C17H12Cl2N2O/c18-13-3-5-15-11(9-13)1-2-12-10-14(19)4-6-16(12)21(15)17(22)7-8-20/h3-6,9-10H,1-2,7H2. The van der Waals surface area contributed by atoms with Crippen LogP contribution in [0.1, 0.15) is 17.5 Å². The van der Waals surface area contributed by atoms with E-state index in [0.29, 0.717) is 10.0 Å². The number of benzene rings is 2. The van der Waals surface area contributed by atoms with Gasteiger partial charge in [0.15, 0.2) is 0 Å². The van der Waals surface area contributed by atoms with E-state index in [4.69, 9.17) is 28.5 Å². The van der Waals surface area contributed by atoms with Crippen LogP contribution in [-0.2, 0) is 17.6 Å². The van der Waals surface area contributed by atoms with Crippen LogP contribution in [0.15, 0.2) is 36.4 Å². The van der Waals surface area contributed by atoms with Crippen LogP contribution in [0.25, 0.3) is 0 Å². The molecule has 3 rings (SSSR count). The highest BCUT2D eigenvalue weighted by atomic mass is 35.5. The summed E-state index contributed by atoms with van der Waals surface area (Å²) in [5.74, 6) is -0.253. The fourth-order valence-electron chi connectivity index (χ4n) is 2.76. The van der Waals surface area contributed by atoms with Gasteiger partial charge in [-0.05, 0) is 60.4 Å². The molecule has 5 heteroatoms. The van der Waals surface area contributed by atoms with Gasteiger partial charge >= 0.3 is 0 Å². The van der Waals surface area contributed by atoms with E-state index < -0.39 is 0 Å². The van der Waals surface area contributed by atoms with Crippen LogP contribution < -0.4 is 4.90 Å². The molecule has 2 aromatic rings. The Morgan fingerprint density at radius 1 is 1.05 bits per heavy atom. The zero-order valence-corrected chi connectivity index (χ0v) is 13.2. The molecule has 0 unspecified atom stereocenters. The molecular weight excluding hydrogens is 319 g/mol. The number of halogens is 2. The third-order valence-electron chi connectivity index (χ3n) is 3.71. The molecule has 0 saturated heterocycles. The minimum absolute atomic E-state index is 0.176. The molecule has 0 fully saturated rings. The lowest BCUT2D eigenvalue weighted by Gasteiger charge is -2.24. The molecule has 22 heavy (non-hydrogen) atoms. The summed E-state index contributed by atoms with van der Waals surface area (Å²) in [7, 11) is 0. The third kappa shape index (κ3) is 2.68. The first kappa shape index (κ1) is 14.9. The number of nitriles is 1. The Bertz CT molecular complexity index is 742. The van der Waals surface area contributed by atoms with Gasteiger partial charge in [0.05, 0.1) is 17.4 Å². The molecule has 0 atom stereocenters. The average Bonchev–Trinajstić information content (AvgIpc) is 2.64. The number of carbonyl (C=O) groups is 1. The molecule has 1 aliphatic heterocycles. The van der Waals surface area contributed by atoms with Crippen LogP contribution >= 0.6 is 23.2 Å². The van der Waals surface area contributed by atoms with E-state index in [1.807, 2.05) is 30.3 Å². The highest BCUT2D eigenvalue weighted by Crippen LogP contribution is 2.38.